The van der Waals surface area contributed by atoms with Crippen molar-refractivity contribution in [2.24, 2.45) is 0 Å². The second kappa shape index (κ2) is 7.41. The fourth-order valence-corrected chi connectivity index (χ4v) is 6.24. The lowest BCUT2D eigenvalue weighted by molar-refractivity contribution is 0.0680. The zero-order chi connectivity index (χ0) is 19.0. The number of methoxy groups -OCH3 is 1. The molecule has 2 atom stereocenters. The van der Waals surface area contributed by atoms with Gasteiger partial charge in [-0.15, -0.1) is 0 Å². The van der Waals surface area contributed by atoms with Gasteiger partial charge in [0, 0.05) is 37.3 Å². The Morgan fingerprint density at radius 3 is 2.63 bits per heavy atom. The van der Waals surface area contributed by atoms with Gasteiger partial charge in [-0.25, -0.2) is 8.42 Å². The summed E-state index contributed by atoms with van der Waals surface area (Å²) in [6, 6.07) is 5.21. The highest BCUT2D eigenvalue weighted by atomic mass is 32.2. The first-order valence-corrected chi connectivity index (χ1v) is 11.2. The van der Waals surface area contributed by atoms with E-state index in [2.05, 4.69) is 5.32 Å². The number of benzene rings is 1. The van der Waals surface area contributed by atoms with Gasteiger partial charge in [0.05, 0.1) is 7.11 Å². The van der Waals surface area contributed by atoms with Crippen LogP contribution in [0.2, 0.25) is 0 Å². The zero-order valence-electron chi connectivity index (χ0n) is 15.7. The number of amides is 1. The van der Waals surface area contributed by atoms with Crippen LogP contribution in [-0.4, -0.2) is 68.9 Å². The molecule has 0 spiro atoms. The number of nitrogens with one attached hydrogen (secondary N) is 1. The van der Waals surface area contributed by atoms with Gasteiger partial charge in [-0.1, -0.05) is 0 Å². The van der Waals surface area contributed by atoms with Gasteiger partial charge in [-0.05, 0) is 56.8 Å². The molecule has 8 heteroatoms. The fourth-order valence-electron chi connectivity index (χ4n) is 4.54. The number of carbonyl (C=O) groups is 1. The van der Waals surface area contributed by atoms with Crippen molar-refractivity contribution in [1.82, 2.24) is 14.5 Å². The van der Waals surface area contributed by atoms with E-state index in [-0.39, 0.29) is 22.9 Å². The van der Waals surface area contributed by atoms with Crippen molar-refractivity contribution in [3.05, 3.63) is 23.8 Å². The van der Waals surface area contributed by atoms with Crippen LogP contribution in [0.4, 0.5) is 0 Å². The van der Waals surface area contributed by atoms with E-state index in [9.17, 15) is 13.2 Å². The summed E-state index contributed by atoms with van der Waals surface area (Å²) in [6.07, 6.45) is 4.69. The Morgan fingerprint density at radius 1 is 1.15 bits per heavy atom. The van der Waals surface area contributed by atoms with Crippen molar-refractivity contribution in [2.75, 3.05) is 33.3 Å². The molecule has 1 aromatic carbocycles. The van der Waals surface area contributed by atoms with Crippen molar-refractivity contribution < 1.29 is 17.9 Å². The number of sulfonamides is 1. The lowest BCUT2D eigenvalue weighted by Crippen LogP contribution is -2.42. The maximum atomic E-state index is 13.3. The van der Waals surface area contributed by atoms with Crippen molar-refractivity contribution in [1.29, 1.82) is 0 Å². The number of carbonyl (C=O) groups excluding carboxylic acids is 1. The third-order valence-corrected chi connectivity index (χ3v) is 7.90. The third-order valence-electron chi connectivity index (χ3n) is 5.98. The van der Waals surface area contributed by atoms with Crippen molar-refractivity contribution in [2.45, 2.75) is 49.1 Å². The van der Waals surface area contributed by atoms with Crippen LogP contribution in [0.15, 0.2) is 23.1 Å². The van der Waals surface area contributed by atoms with Gasteiger partial charge in [0.25, 0.3) is 5.91 Å². The number of rotatable bonds is 4. The van der Waals surface area contributed by atoms with E-state index in [1.165, 1.54) is 17.5 Å². The Balaban J connectivity index is 1.69. The predicted molar refractivity (Wildman–Crippen MR) is 101 cm³/mol. The van der Waals surface area contributed by atoms with Crippen LogP contribution in [-0.2, 0) is 10.0 Å². The molecule has 3 aliphatic rings. The molecule has 3 heterocycles. The van der Waals surface area contributed by atoms with Crippen LogP contribution >= 0.6 is 0 Å². The normalized spacial score (nSPS) is 26.2. The highest BCUT2D eigenvalue weighted by Crippen LogP contribution is 2.33. The summed E-state index contributed by atoms with van der Waals surface area (Å²) in [5.74, 6) is 0.214. The maximum absolute atomic E-state index is 13.3. The van der Waals surface area contributed by atoms with E-state index in [1.54, 1.807) is 12.1 Å². The van der Waals surface area contributed by atoms with Crippen LogP contribution in [0.1, 0.15) is 42.5 Å². The molecule has 0 saturated carbocycles. The number of hydrogen-bond acceptors (Lipinski definition) is 5. The molecule has 1 N–H and O–H groups in total. The Labute approximate surface area is 160 Å². The van der Waals surface area contributed by atoms with Gasteiger partial charge in [-0.3, -0.25) is 4.79 Å². The molecule has 7 nitrogen and oxygen atoms in total. The topological polar surface area (TPSA) is 79.0 Å². The van der Waals surface area contributed by atoms with Gasteiger partial charge in [0.1, 0.15) is 10.6 Å². The molecule has 1 aromatic rings. The number of hydrogen-bond donors (Lipinski definition) is 1. The molecule has 148 valence electrons. The number of ether oxygens (including phenoxy) is 1. The molecule has 4 rings (SSSR count). The molecule has 3 saturated heterocycles. The average molecular weight is 394 g/mol. The second-order valence-corrected chi connectivity index (χ2v) is 9.47. The van der Waals surface area contributed by atoms with Crippen molar-refractivity contribution >= 4 is 15.9 Å². The third kappa shape index (κ3) is 3.34. The van der Waals surface area contributed by atoms with Crippen LogP contribution < -0.4 is 10.1 Å². The highest BCUT2D eigenvalue weighted by Gasteiger charge is 2.39. The van der Waals surface area contributed by atoms with Crippen LogP contribution in [0.3, 0.4) is 0 Å². The fraction of sp³-hybridized carbons (Fsp3) is 0.632. The highest BCUT2D eigenvalue weighted by molar-refractivity contribution is 7.89. The summed E-state index contributed by atoms with van der Waals surface area (Å²) in [7, 11) is -2.20. The van der Waals surface area contributed by atoms with Crippen LogP contribution in [0, 0.1) is 0 Å². The molecule has 0 aliphatic carbocycles. The van der Waals surface area contributed by atoms with Crippen molar-refractivity contribution in [3.63, 3.8) is 0 Å². The first-order chi connectivity index (χ1) is 13.0. The summed E-state index contributed by atoms with van der Waals surface area (Å²) in [6.45, 7) is 2.76. The second-order valence-electron chi connectivity index (χ2n) is 7.57. The monoisotopic (exact) mass is 393 g/mol. The van der Waals surface area contributed by atoms with E-state index in [1.807, 2.05) is 4.90 Å². The average Bonchev–Trinajstić information content (AvgIpc) is 3.28. The van der Waals surface area contributed by atoms with Crippen molar-refractivity contribution in [3.8, 4) is 5.75 Å². The molecule has 2 bridgehead atoms. The molecule has 1 amide bonds. The smallest absolute Gasteiger partial charge is 0.254 e. The Hall–Kier alpha value is -1.64. The standard InChI is InChI=1S/C19H27N3O4S/c1-26-17-7-4-14(12-18(17)27(24,25)21-10-2-3-11-21)19(23)22-15-5-6-16(22)13-20-9-8-15/h4,7,12,15-16,20H,2-3,5-6,8-11,13H2,1H3. The van der Waals surface area contributed by atoms with Gasteiger partial charge < -0.3 is 15.0 Å². The molecule has 0 aromatic heterocycles. The molecular formula is C19H27N3O4S. The summed E-state index contributed by atoms with van der Waals surface area (Å²) in [5.41, 5.74) is 0.423. The summed E-state index contributed by atoms with van der Waals surface area (Å²) >= 11 is 0. The SMILES string of the molecule is COc1ccc(C(=O)N2C3CCNCC2CC3)cc1S(=O)(=O)N1CCCC1. The van der Waals surface area contributed by atoms with E-state index in [4.69, 9.17) is 4.74 Å². The minimum Gasteiger partial charge on any atom is -0.495 e. The zero-order valence-corrected chi connectivity index (χ0v) is 16.5. The lowest BCUT2D eigenvalue weighted by Gasteiger charge is -2.28. The molecule has 3 fully saturated rings. The van der Waals surface area contributed by atoms with E-state index in [0.29, 0.717) is 24.4 Å². The van der Waals surface area contributed by atoms with E-state index < -0.39 is 10.0 Å². The maximum Gasteiger partial charge on any atom is 0.254 e. The summed E-state index contributed by atoms with van der Waals surface area (Å²) in [4.78, 5) is 15.3. The summed E-state index contributed by atoms with van der Waals surface area (Å²) < 4.78 is 32.9. The van der Waals surface area contributed by atoms with E-state index in [0.717, 1.165) is 45.2 Å². The quantitative estimate of drug-likeness (QED) is 0.838. The van der Waals surface area contributed by atoms with E-state index >= 15 is 0 Å². The molecule has 27 heavy (non-hydrogen) atoms. The largest absolute Gasteiger partial charge is 0.495 e. The molecule has 2 unspecified atom stereocenters. The minimum absolute atomic E-state index is 0.0771. The first kappa shape index (κ1) is 18.7. The molecule has 0 radical (unpaired) electrons. The summed E-state index contributed by atoms with van der Waals surface area (Å²) in [5, 5.41) is 3.39. The lowest BCUT2D eigenvalue weighted by atomic mass is 10.1. The molecular weight excluding hydrogens is 366 g/mol. The Morgan fingerprint density at radius 2 is 1.89 bits per heavy atom. The van der Waals surface area contributed by atoms with Gasteiger partial charge in [0.2, 0.25) is 10.0 Å². The molecule has 3 aliphatic heterocycles. The minimum atomic E-state index is -3.66. The van der Waals surface area contributed by atoms with Crippen LogP contribution in [0.25, 0.3) is 0 Å². The Kier molecular flexibility index (Phi) is 5.13. The number of fused-ring (bicyclic) bond motifs is 2. The Bertz CT molecular complexity index is 806. The van der Waals surface area contributed by atoms with Crippen LogP contribution in [0.5, 0.6) is 5.75 Å². The predicted octanol–water partition coefficient (Wildman–Crippen LogP) is 1.45. The van der Waals surface area contributed by atoms with Gasteiger partial charge >= 0.3 is 0 Å². The first-order valence-electron chi connectivity index (χ1n) is 9.74. The van der Waals surface area contributed by atoms with Gasteiger partial charge in [0.15, 0.2) is 0 Å². The number of nitrogens with zero attached hydrogens (tertiary/aromatic N) is 2. The van der Waals surface area contributed by atoms with Gasteiger partial charge in [-0.2, -0.15) is 4.31 Å².